The molecule has 0 fully saturated rings. The van der Waals surface area contributed by atoms with Gasteiger partial charge in [0.1, 0.15) is 5.75 Å². The highest BCUT2D eigenvalue weighted by Crippen LogP contribution is 2.22. The maximum absolute atomic E-state index is 12.3. The first-order chi connectivity index (χ1) is 15.9. The maximum atomic E-state index is 12.3. The van der Waals surface area contributed by atoms with Gasteiger partial charge in [0.25, 0.3) is 5.91 Å². The fourth-order valence-corrected chi connectivity index (χ4v) is 4.21. The molecule has 0 aliphatic carbocycles. The molecule has 0 unspecified atom stereocenters. The minimum atomic E-state index is -0.244. The van der Waals surface area contributed by atoms with Crippen molar-refractivity contribution in [2.24, 2.45) is 0 Å². The van der Waals surface area contributed by atoms with Crippen molar-refractivity contribution in [3.8, 4) is 5.75 Å². The summed E-state index contributed by atoms with van der Waals surface area (Å²) in [5.41, 5.74) is 2.70. The first-order valence-corrected chi connectivity index (χ1v) is 12.2. The zero-order chi connectivity index (χ0) is 23.8. The molecule has 3 rings (SSSR count). The van der Waals surface area contributed by atoms with Crippen LogP contribution in [0.2, 0.25) is 0 Å². The molecular weight excluding hydrogens is 506 g/mol. The smallest absolute Gasteiger partial charge is 0.258 e. The van der Waals surface area contributed by atoms with Crippen molar-refractivity contribution in [2.75, 3.05) is 17.7 Å². The van der Waals surface area contributed by atoms with Crippen molar-refractivity contribution in [3.63, 3.8) is 0 Å². The molecule has 0 saturated carbocycles. The number of nitrogens with zero attached hydrogens (tertiary/aromatic N) is 3. The highest BCUT2D eigenvalue weighted by Gasteiger charge is 2.15. The number of para-hydroxylation sites is 1. The third-order valence-corrected chi connectivity index (χ3v) is 6.27. The van der Waals surface area contributed by atoms with Gasteiger partial charge in [-0.1, -0.05) is 45.9 Å². The van der Waals surface area contributed by atoms with Crippen molar-refractivity contribution in [2.45, 2.75) is 39.0 Å². The number of hydrogen-bond acceptors (Lipinski definition) is 6. The van der Waals surface area contributed by atoms with Crippen molar-refractivity contribution < 1.29 is 14.3 Å². The van der Waals surface area contributed by atoms with Crippen LogP contribution in [-0.4, -0.2) is 38.9 Å². The van der Waals surface area contributed by atoms with Crippen LogP contribution in [0, 0.1) is 13.8 Å². The molecule has 33 heavy (non-hydrogen) atoms. The predicted molar refractivity (Wildman–Crippen MR) is 132 cm³/mol. The molecule has 0 bridgehead atoms. The molecule has 2 N–H and O–H groups in total. The first kappa shape index (κ1) is 24.8. The van der Waals surface area contributed by atoms with Crippen molar-refractivity contribution in [3.05, 3.63) is 63.9 Å². The summed E-state index contributed by atoms with van der Waals surface area (Å²) in [5, 5.41) is 14.6. The Morgan fingerprint density at radius 2 is 1.76 bits per heavy atom. The second kappa shape index (κ2) is 11.9. The summed E-state index contributed by atoms with van der Waals surface area (Å²) in [6, 6.07) is 13.2. The average molecular weight is 532 g/mol. The second-order valence-corrected chi connectivity index (χ2v) is 9.13. The molecule has 1 aromatic heterocycles. The summed E-state index contributed by atoms with van der Waals surface area (Å²) in [7, 11) is 0. The van der Waals surface area contributed by atoms with E-state index >= 15 is 0 Å². The number of amides is 2. The van der Waals surface area contributed by atoms with Crippen molar-refractivity contribution in [1.82, 2.24) is 20.1 Å². The molecule has 0 saturated heterocycles. The van der Waals surface area contributed by atoms with Crippen LogP contribution < -0.4 is 15.4 Å². The fraction of sp³-hybridized carbons (Fsp3) is 0.304. The number of rotatable bonds is 10. The summed E-state index contributed by atoms with van der Waals surface area (Å²) < 4.78 is 8.52. The number of aromatic nitrogens is 3. The molecule has 0 spiro atoms. The zero-order valence-electron chi connectivity index (χ0n) is 18.7. The third-order valence-electron chi connectivity index (χ3n) is 4.77. The van der Waals surface area contributed by atoms with Gasteiger partial charge < -0.3 is 19.9 Å². The van der Waals surface area contributed by atoms with E-state index in [9.17, 15) is 9.59 Å². The Bertz CT molecular complexity index is 1100. The van der Waals surface area contributed by atoms with Gasteiger partial charge in [0, 0.05) is 16.7 Å². The highest BCUT2D eigenvalue weighted by molar-refractivity contribution is 9.10. The summed E-state index contributed by atoms with van der Waals surface area (Å²) in [5.74, 6) is 1.17. The highest BCUT2D eigenvalue weighted by atomic mass is 79.9. The topological polar surface area (TPSA) is 98.1 Å². The Kier molecular flexibility index (Phi) is 8.90. The van der Waals surface area contributed by atoms with Crippen LogP contribution in [0.5, 0.6) is 5.75 Å². The maximum Gasteiger partial charge on any atom is 0.258 e. The first-order valence-electron chi connectivity index (χ1n) is 10.4. The Hall–Kier alpha value is -2.85. The minimum Gasteiger partial charge on any atom is -0.483 e. The minimum absolute atomic E-state index is 0.0796. The molecule has 0 aliphatic rings. The third kappa shape index (κ3) is 7.06. The zero-order valence-corrected chi connectivity index (χ0v) is 21.1. The van der Waals surface area contributed by atoms with Gasteiger partial charge in [-0.15, -0.1) is 10.2 Å². The molecule has 0 radical (unpaired) electrons. The van der Waals surface area contributed by atoms with Crippen LogP contribution in [0.3, 0.4) is 0 Å². The quantitative estimate of drug-likeness (QED) is 0.382. The SMILES string of the molecule is CCn1c(CNC(=O)COc2c(C)cccc2C)nnc1SCC(=O)Nc1ccc(Br)cc1. The largest absolute Gasteiger partial charge is 0.483 e. The van der Waals surface area contributed by atoms with Crippen LogP contribution in [0.4, 0.5) is 5.69 Å². The van der Waals surface area contributed by atoms with E-state index in [0.29, 0.717) is 17.5 Å². The van der Waals surface area contributed by atoms with Crippen LogP contribution >= 0.6 is 27.7 Å². The molecule has 2 amide bonds. The number of thioether (sulfide) groups is 1. The number of hydrogen-bond donors (Lipinski definition) is 2. The number of nitrogens with one attached hydrogen (secondary N) is 2. The number of halogens is 1. The number of ether oxygens (including phenoxy) is 1. The summed E-state index contributed by atoms with van der Waals surface area (Å²) in [6.07, 6.45) is 0. The summed E-state index contributed by atoms with van der Waals surface area (Å²) in [4.78, 5) is 24.5. The number of carbonyl (C=O) groups is 2. The Labute approximate surface area is 205 Å². The van der Waals surface area contributed by atoms with Gasteiger partial charge >= 0.3 is 0 Å². The van der Waals surface area contributed by atoms with Crippen LogP contribution in [0.15, 0.2) is 52.1 Å². The molecule has 2 aromatic carbocycles. The molecule has 1 heterocycles. The van der Waals surface area contributed by atoms with Gasteiger partial charge in [-0.25, -0.2) is 0 Å². The lowest BCUT2D eigenvalue weighted by Crippen LogP contribution is -2.29. The van der Waals surface area contributed by atoms with E-state index in [1.54, 1.807) is 0 Å². The summed E-state index contributed by atoms with van der Waals surface area (Å²) >= 11 is 4.67. The van der Waals surface area contributed by atoms with Gasteiger partial charge in [0.15, 0.2) is 17.6 Å². The molecular formula is C23H26BrN5O3S. The predicted octanol–water partition coefficient (Wildman–Crippen LogP) is 4.10. The van der Waals surface area contributed by atoms with E-state index in [-0.39, 0.29) is 30.7 Å². The normalized spacial score (nSPS) is 10.7. The monoisotopic (exact) mass is 531 g/mol. The van der Waals surface area contributed by atoms with Crippen molar-refractivity contribution in [1.29, 1.82) is 0 Å². The van der Waals surface area contributed by atoms with E-state index in [0.717, 1.165) is 27.0 Å². The van der Waals surface area contributed by atoms with E-state index in [2.05, 4.69) is 36.8 Å². The van der Waals surface area contributed by atoms with E-state index in [4.69, 9.17) is 4.74 Å². The molecule has 174 valence electrons. The Morgan fingerprint density at radius 3 is 2.42 bits per heavy atom. The molecule has 8 nitrogen and oxygen atoms in total. The van der Waals surface area contributed by atoms with Crippen LogP contribution in [0.25, 0.3) is 0 Å². The lowest BCUT2D eigenvalue weighted by atomic mass is 10.1. The lowest BCUT2D eigenvalue weighted by molar-refractivity contribution is -0.123. The average Bonchev–Trinajstić information content (AvgIpc) is 3.19. The van der Waals surface area contributed by atoms with E-state index in [1.807, 2.05) is 67.8 Å². The van der Waals surface area contributed by atoms with Crippen LogP contribution in [-0.2, 0) is 22.7 Å². The second-order valence-electron chi connectivity index (χ2n) is 7.27. The molecule has 0 atom stereocenters. The van der Waals surface area contributed by atoms with Crippen LogP contribution in [0.1, 0.15) is 23.9 Å². The number of anilines is 1. The van der Waals surface area contributed by atoms with Gasteiger partial charge in [0.05, 0.1) is 12.3 Å². The van der Waals surface area contributed by atoms with E-state index in [1.165, 1.54) is 11.8 Å². The molecule has 10 heteroatoms. The number of carbonyl (C=O) groups excluding carboxylic acids is 2. The fourth-order valence-electron chi connectivity index (χ4n) is 3.13. The number of aryl methyl sites for hydroxylation is 2. The number of benzene rings is 2. The lowest BCUT2D eigenvalue weighted by Gasteiger charge is -2.12. The molecule has 0 aliphatic heterocycles. The van der Waals surface area contributed by atoms with Gasteiger partial charge in [0.2, 0.25) is 5.91 Å². The van der Waals surface area contributed by atoms with E-state index < -0.39 is 0 Å². The summed E-state index contributed by atoms with van der Waals surface area (Å²) in [6.45, 7) is 6.62. The standard InChI is InChI=1S/C23H26BrN5O3S/c1-4-29-19(12-25-20(30)13-32-22-15(2)6-5-7-16(22)3)27-28-23(29)33-14-21(31)26-18-10-8-17(24)9-11-18/h5-11H,4,12-14H2,1-3H3,(H,25,30)(H,26,31). The van der Waals surface area contributed by atoms with Crippen molar-refractivity contribution >= 4 is 45.2 Å². The van der Waals surface area contributed by atoms with Gasteiger partial charge in [-0.05, 0) is 56.2 Å². The van der Waals surface area contributed by atoms with Gasteiger partial charge in [-0.3, -0.25) is 9.59 Å². The Morgan fingerprint density at radius 1 is 1.06 bits per heavy atom. The molecule has 3 aromatic rings. The Balaban J connectivity index is 1.49. The van der Waals surface area contributed by atoms with Gasteiger partial charge in [-0.2, -0.15) is 0 Å².